The normalized spacial score (nSPS) is 22.2. The Kier molecular flexibility index (Phi) is 4.64. The first-order valence-electron chi connectivity index (χ1n) is 7.88. The van der Waals surface area contributed by atoms with Gasteiger partial charge in [0.25, 0.3) is 0 Å². The number of nitrogens with zero attached hydrogens (tertiary/aromatic N) is 2. The molecule has 1 aromatic heterocycles. The van der Waals surface area contributed by atoms with Crippen molar-refractivity contribution < 1.29 is 18.3 Å². The van der Waals surface area contributed by atoms with Crippen LogP contribution in [-0.2, 0) is 19.1 Å². The third-order valence-corrected chi connectivity index (χ3v) is 4.40. The van der Waals surface area contributed by atoms with E-state index in [1.165, 1.54) is 12.1 Å². The summed E-state index contributed by atoms with van der Waals surface area (Å²) in [6.45, 7) is 3.69. The van der Waals surface area contributed by atoms with Gasteiger partial charge in [-0.1, -0.05) is 12.1 Å². The number of alkyl halides is 3. The number of hydrogen-bond acceptors (Lipinski definition) is 3. The molecular formula is C17H20F3N3O. The van der Waals surface area contributed by atoms with E-state index in [9.17, 15) is 18.3 Å². The molecule has 2 atom stereocenters. The summed E-state index contributed by atoms with van der Waals surface area (Å²) in [5.74, 6) is 0.0853. The highest BCUT2D eigenvalue weighted by atomic mass is 19.4. The lowest BCUT2D eigenvalue weighted by Gasteiger charge is -2.16. The molecule has 2 N–H and O–H groups in total. The van der Waals surface area contributed by atoms with Gasteiger partial charge < -0.3 is 5.11 Å². The number of aliphatic hydroxyl groups excluding tert-OH is 1. The summed E-state index contributed by atoms with van der Waals surface area (Å²) in [5, 5.41) is 17.3. The van der Waals surface area contributed by atoms with Crippen molar-refractivity contribution in [2.75, 3.05) is 13.1 Å². The van der Waals surface area contributed by atoms with Gasteiger partial charge in [-0.2, -0.15) is 18.3 Å². The first kappa shape index (κ1) is 17.0. The van der Waals surface area contributed by atoms with Crippen LogP contribution in [0.1, 0.15) is 22.5 Å². The molecular weight excluding hydrogens is 319 g/mol. The molecule has 130 valence electrons. The molecule has 1 saturated heterocycles. The Balaban J connectivity index is 1.58. The molecule has 1 aliphatic rings. The Bertz CT molecular complexity index is 681. The van der Waals surface area contributed by atoms with Gasteiger partial charge in [-0.3, -0.25) is 10.00 Å². The molecule has 0 spiro atoms. The minimum Gasteiger partial charge on any atom is -0.391 e. The molecule has 7 heteroatoms. The summed E-state index contributed by atoms with van der Waals surface area (Å²) in [7, 11) is 0. The van der Waals surface area contributed by atoms with Crippen LogP contribution in [-0.4, -0.2) is 39.4 Å². The molecule has 3 rings (SSSR count). The minimum absolute atomic E-state index is 0.0853. The third-order valence-electron chi connectivity index (χ3n) is 4.40. The molecule has 4 nitrogen and oxygen atoms in total. The molecule has 2 heterocycles. The number of hydrogen-bond donors (Lipinski definition) is 2. The highest BCUT2D eigenvalue weighted by molar-refractivity contribution is 5.24. The fourth-order valence-electron chi connectivity index (χ4n) is 3.18. The number of β-amino-alcohol motifs (C(OH)–C–C–N with tert-alkyl or cyclic N) is 1. The summed E-state index contributed by atoms with van der Waals surface area (Å²) in [4.78, 5) is 2.07. The van der Waals surface area contributed by atoms with Gasteiger partial charge in [0.2, 0.25) is 0 Å². The van der Waals surface area contributed by atoms with Crippen LogP contribution in [0.3, 0.4) is 0 Å². The van der Waals surface area contributed by atoms with E-state index in [1.807, 2.05) is 13.0 Å². The van der Waals surface area contributed by atoms with Crippen molar-refractivity contribution in [2.45, 2.75) is 32.2 Å². The topological polar surface area (TPSA) is 52.1 Å². The van der Waals surface area contributed by atoms with Crippen molar-refractivity contribution in [2.24, 2.45) is 5.92 Å². The number of likely N-dealkylation sites (tertiary alicyclic amines) is 1. The number of rotatable bonds is 4. The average molecular weight is 339 g/mol. The molecule has 1 aliphatic heterocycles. The Morgan fingerprint density at radius 1 is 1.25 bits per heavy atom. The van der Waals surface area contributed by atoms with E-state index < -0.39 is 17.8 Å². The van der Waals surface area contributed by atoms with Crippen molar-refractivity contribution in [3.8, 4) is 0 Å². The number of H-pyrrole nitrogens is 1. The first-order valence-corrected chi connectivity index (χ1v) is 7.88. The number of benzene rings is 1. The average Bonchev–Trinajstić information content (AvgIpc) is 3.05. The van der Waals surface area contributed by atoms with Gasteiger partial charge >= 0.3 is 6.18 Å². The molecule has 0 amide bonds. The van der Waals surface area contributed by atoms with Crippen LogP contribution in [0.25, 0.3) is 0 Å². The van der Waals surface area contributed by atoms with Crippen molar-refractivity contribution in [1.82, 2.24) is 15.1 Å². The van der Waals surface area contributed by atoms with E-state index in [-0.39, 0.29) is 5.92 Å². The fourth-order valence-corrected chi connectivity index (χ4v) is 3.18. The molecule has 24 heavy (non-hydrogen) atoms. The van der Waals surface area contributed by atoms with E-state index in [1.54, 1.807) is 0 Å². The zero-order chi connectivity index (χ0) is 17.3. The lowest BCUT2D eigenvalue weighted by Crippen LogP contribution is -2.21. The summed E-state index contributed by atoms with van der Waals surface area (Å²) in [6.07, 6.45) is -4.07. The molecule has 1 aromatic carbocycles. The zero-order valence-corrected chi connectivity index (χ0v) is 13.3. The van der Waals surface area contributed by atoms with Gasteiger partial charge in [0.15, 0.2) is 0 Å². The summed E-state index contributed by atoms with van der Waals surface area (Å²) >= 11 is 0. The van der Waals surface area contributed by atoms with Crippen molar-refractivity contribution in [3.05, 3.63) is 52.8 Å². The van der Waals surface area contributed by atoms with Gasteiger partial charge in [-0.15, -0.1) is 0 Å². The number of aliphatic hydroxyl groups is 1. The monoisotopic (exact) mass is 339 g/mol. The fraction of sp³-hybridized carbons (Fsp3) is 0.471. The van der Waals surface area contributed by atoms with Gasteiger partial charge in [0.05, 0.1) is 17.4 Å². The Morgan fingerprint density at radius 2 is 1.96 bits per heavy atom. The van der Waals surface area contributed by atoms with Crippen molar-refractivity contribution >= 4 is 0 Å². The van der Waals surface area contributed by atoms with Crippen LogP contribution in [0, 0.1) is 12.8 Å². The highest BCUT2D eigenvalue weighted by Crippen LogP contribution is 2.29. The van der Waals surface area contributed by atoms with Crippen LogP contribution in [0.15, 0.2) is 30.3 Å². The molecule has 0 aliphatic carbocycles. The van der Waals surface area contributed by atoms with Crippen molar-refractivity contribution in [1.29, 1.82) is 0 Å². The molecule has 0 unspecified atom stereocenters. The van der Waals surface area contributed by atoms with Crippen LogP contribution in [0.5, 0.6) is 0 Å². The van der Waals surface area contributed by atoms with Crippen LogP contribution in [0.2, 0.25) is 0 Å². The second-order valence-electron chi connectivity index (χ2n) is 6.46. The van der Waals surface area contributed by atoms with Crippen molar-refractivity contribution in [3.63, 3.8) is 0 Å². The lowest BCUT2D eigenvalue weighted by molar-refractivity contribution is -0.137. The quantitative estimate of drug-likeness (QED) is 0.901. The van der Waals surface area contributed by atoms with E-state index in [2.05, 4.69) is 15.1 Å². The number of aromatic amines is 1. The van der Waals surface area contributed by atoms with E-state index >= 15 is 0 Å². The maximum atomic E-state index is 12.6. The molecule has 1 fully saturated rings. The predicted molar refractivity (Wildman–Crippen MR) is 83.2 cm³/mol. The number of nitrogens with one attached hydrogen (secondary N) is 1. The van der Waals surface area contributed by atoms with Gasteiger partial charge in [-0.05, 0) is 37.1 Å². The van der Waals surface area contributed by atoms with E-state index in [4.69, 9.17) is 0 Å². The van der Waals surface area contributed by atoms with Crippen LogP contribution >= 0.6 is 0 Å². The summed E-state index contributed by atoms with van der Waals surface area (Å²) in [5.41, 5.74) is 2.08. The Labute approximate surface area is 138 Å². The van der Waals surface area contributed by atoms with Crippen LogP contribution in [0.4, 0.5) is 13.2 Å². The van der Waals surface area contributed by atoms with E-state index in [0.29, 0.717) is 26.1 Å². The number of halogens is 3. The third kappa shape index (κ3) is 3.96. The SMILES string of the molecule is Cc1cc(C[C@@H]2CN(Cc3ccc(C(F)(F)F)cc3)C[C@H]2O)n[nH]1. The Hall–Kier alpha value is -1.86. The van der Waals surface area contributed by atoms with Crippen LogP contribution < -0.4 is 0 Å². The maximum absolute atomic E-state index is 12.6. The largest absolute Gasteiger partial charge is 0.416 e. The van der Waals surface area contributed by atoms with E-state index in [0.717, 1.165) is 29.1 Å². The number of aromatic nitrogens is 2. The zero-order valence-electron chi connectivity index (χ0n) is 13.3. The summed E-state index contributed by atoms with van der Waals surface area (Å²) < 4.78 is 37.8. The maximum Gasteiger partial charge on any atom is 0.416 e. The molecule has 2 aromatic rings. The van der Waals surface area contributed by atoms with Gasteiger partial charge in [-0.25, -0.2) is 0 Å². The second-order valence-corrected chi connectivity index (χ2v) is 6.46. The lowest BCUT2D eigenvalue weighted by atomic mass is 10.0. The summed E-state index contributed by atoms with van der Waals surface area (Å²) in [6, 6.07) is 7.17. The number of aryl methyl sites for hydroxylation is 1. The van der Waals surface area contributed by atoms with Gasteiger partial charge in [0, 0.05) is 31.2 Å². The van der Waals surface area contributed by atoms with Gasteiger partial charge in [0.1, 0.15) is 0 Å². The predicted octanol–water partition coefficient (Wildman–Crippen LogP) is 2.77. The second kappa shape index (κ2) is 6.57. The standard InChI is InChI=1S/C17H20F3N3O/c1-11-6-15(22-21-11)7-13-9-23(10-16(13)24)8-12-2-4-14(5-3-12)17(18,19)20/h2-6,13,16,24H,7-10H2,1H3,(H,21,22)/t13-,16-/m1/s1. The smallest absolute Gasteiger partial charge is 0.391 e. The molecule has 0 saturated carbocycles. The highest BCUT2D eigenvalue weighted by Gasteiger charge is 2.32. The first-order chi connectivity index (χ1) is 11.3. The molecule has 0 bridgehead atoms. The molecule has 0 radical (unpaired) electrons. The Morgan fingerprint density at radius 3 is 2.54 bits per heavy atom. The minimum atomic E-state index is -4.31.